The molecule has 0 spiro atoms. The molecule has 1 amide bonds. The quantitative estimate of drug-likeness (QED) is 0.692. The molecule has 1 aliphatic rings. The van der Waals surface area contributed by atoms with E-state index in [-0.39, 0.29) is 16.9 Å². The predicted molar refractivity (Wildman–Crippen MR) is 85.7 cm³/mol. The van der Waals surface area contributed by atoms with E-state index in [0.29, 0.717) is 18.7 Å². The van der Waals surface area contributed by atoms with Crippen molar-refractivity contribution in [3.63, 3.8) is 0 Å². The Morgan fingerprint density at radius 3 is 3.04 bits per heavy atom. The van der Waals surface area contributed by atoms with E-state index in [1.54, 1.807) is 16.2 Å². The molecule has 0 saturated heterocycles. The van der Waals surface area contributed by atoms with Gasteiger partial charge in [0.1, 0.15) is 5.65 Å². The SMILES string of the molecule is O=C(c1cnc2[nH]c(=O)[nH]c(=O)c2c1)N1CCc2sccc2C1. The maximum atomic E-state index is 12.7. The van der Waals surface area contributed by atoms with Gasteiger partial charge < -0.3 is 4.90 Å². The molecular weight excluding hydrogens is 316 g/mol. The Hall–Kier alpha value is -2.74. The van der Waals surface area contributed by atoms with Crippen molar-refractivity contribution in [2.24, 2.45) is 0 Å². The lowest BCUT2D eigenvalue weighted by Crippen LogP contribution is -2.35. The Kier molecular flexibility index (Phi) is 3.12. The number of carbonyl (C=O) groups is 1. The molecule has 0 unspecified atom stereocenters. The van der Waals surface area contributed by atoms with Gasteiger partial charge in [-0.25, -0.2) is 9.78 Å². The summed E-state index contributed by atoms with van der Waals surface area (Å²) in [6, 6.07) is 3.51. The average molecular weight is 328 g/mol. The van der Waals surface area contributed by atoms with Crippen molar-refractivity contribution in [3.8, 4) is 0 Å². The number of H-pyrrole nitrogens is 2. The maximum Gasteiger partial charge on any atom is 0.327 e. The summed E-state index contributed by atoms with van der Waals surface area (Å²) in [5.41, 5.74) is 0.521. The van der Waals surface area contributed by atoms with E-state index >= 15 is 0 Å². The first-order chi connectivity index (χ1) is 11.1. The fraction of sp³-hybridized carbons (Fsp3) is 0.200. The number of thiophene rings is 1. The molecule has 4 heterocycles. The lowest BCUT2D eigenvalue weighted by atomic mass is 10.1. The lowest BCUT2D eigenvalue weighted by Gasteiger charge is -2.27. The summed E-state index contributed by atoms with van der Waals surface area (Å²) < 4.78 is 0. The number of nitrogens with one attached hydrogen (secondary N) is 2. The first kappa shape index (κ1) is 13.9. The smallest absolute Gasteiger partial charge is 0.327 e. The van der Waals surface area contributed by atoms with Crippen LogP contribution >= 0.6 is 11.3 Å². The minimum absolute atomic E-state index is 0.165. The predicted octanol–water partition coefficient (Wildman–Crippen LogP) is 0.871. The number of fused-ring (bicyclic) bond motifs is 2. The average Bonchev–Trinajstić information content (AvgIpc) is 3.01. The number of pyridine rings is 1. The van der Waals surface area contributed by atoms with E-state index < -0.39 is 11.2 Å². The van der Waals surface area contributed by atoms with Gasteiger partial charge in [0.25, 0.3) is 11.5 Å². The normalized spacial score (nSPS) is 14.0. The molecule has 0 saturated carbocycles. The lowest BCUT2D eigenvalue weighted by molar-refractivity contribution is 0.0735. The molecule has 0 radical (unpaired) electrons. The fourth-order valence-corrected chi connectivity index (χ4v) is 3.66. The van der Waals surface area contributed by atoms with Crippen molar-refractivity contribution in [3.05, 3.63) is 60.6 Å². The number of nitrogens with zero attached hydrogens (tertiary/aromatic N) is 2. The molecule has 3 aromatic rings. The van der Waals surface area contributed by atoms with E-state index in [4.69, 9.17) is 0 Å². The summed E-state index contributed by atoms with van der Waals surface area (Å²) in [4.78, 5) is 47.4. The van der Waals surface area contributed by atoms with E-state index in [1.807, 2.05) is 11.4 Å². The van der Waals surface area contributed by atoms with Gasteiger partial charge in [0, 0.05) is 24.2 Å². The summed E-state index contributed by atoms with van der Waals surface area (Å²) in [5.74, 6) is -0.165. The third-order valence-electron chi connectivity index (χ3n) is 3.93. The highest BCUT2D eigenvalue weighted by molar-refractivity contribution is 7.10. The van der Waals surface area contributed by atoms with Crippen LogP contribution in [0.3, 0.4) is 0 Å². The Bertz CT molecular complexity index is 1030. The summed E-state index contributed by atoms with van der Waals surface area (Å²) in [6.07, 6.45) is 2.23. The van der Waals surface area contributed by atoms with Gasteiger partial charge in [-0.3, -0.25) is 19.6 Å². The van der Waals surface area contributed by atoms with Crippen molar-refractivity contribution in [2.75, 3.05) is 6.54 Å². The Morgan fingerprint density at radius 1 is 1.30 bits per heavy atom. The molecule has 4 rings (SSSR count). The second kappa shape index (κ2) is 5.17. The molecular formula is C15H12N4O3S. The van der Waals surface area contributed by atoms with Crippen LogP contribution in [0.15, 0.2) is 33.3 Å². The zero-order valence-electron chi connectivity index (χ0n) is 12.0. The number of amides is 1. The number of hydrogen-bond acceptors (Lipinski definition) is 5. The third kappa shape index (κ3) is 2.36. The minimum Gasteiger partial charge on any atom is -0.334 e. The van der Waals surface area contributed by atoms with Crippen LogP contribution in [0.5, 0.6) is 0 Å². The van der Waals surface area contributed by atoms with Crippen molar-refractivity contribution in [2.45, 2.75) is 13.0 Å². The molecule has 0 aromatic carbocycles. The van der Waals surface area contributed by atoms with Gasteiger partial charge in [-0.2, -0.15) is 0 Å². The topological polar surface area (TPSA) is 98.9 Å². The van der Waals surface area contributed by atoms with Crippen molar-refractivity contribution in [1.29, 1.82) is 0 Å². The Labute approximate surface area is 133 Å². The second-order valence-corrected chi connectivity index (χ2v) is 6.37. The van der Waals surface area contributed by atoms with Gasteiger partial charge in [0.05, 0.1) is 10.9 Å². The van der Waals surface area contributed by atoms with Crippen molar-refractivity contribution >= 4 is 28.3 Å². The molecule has 1 aliphatic heterocycles. The molecule has 7 nitrogen and oxygen atoms in total. The molecule has 3 aromatic heterocycles. The summed E-state index contributed by atoms with van der Waals surface area (Å²) >= 11 is 1.71. The highest BCUT2D eigenvalue weighted by Crippen LogP contribution is 2.25. The van der Waals surface area contributed by atoms with Gasteiger partial charge >= 0.3 is 5.69 Å². The molecule has 0 fully saturated rings. The number of rotatable bonds is 1. The van der Waals surface area contributed by atoms with Gasteiger partial charge in [0.15, 0.2) is 0 Å². The number of aromatic amines is 2. The zero-order valence-corrected chi connectivity index (χ0v) is 12.8. The first-order valence-electron chi connectivity index (χ1n) is 7.09. The number of aromatic nitrogens is 3. The van der Waals surface area contributed by atoms with Crippen LogP contribution in [0.1, 0.15) is 20.8 Å². The number of hydrogen-bond donors (Lipinski definition) is 2. The highest BCUT2D eigenvalue weighted by atomic mass is 32.1. The number of carbonyl (C=O) groups excluding carboxylic acids is 1. The van der Waals surface area contributed by atoms with Gasteiger partial charge in [0.2, 0.25) is 0 Å². The van der Waals surface area contributed by atoms with E-state index in [9.17, 15) is 14.4 Å². The molecule has 8 heteroatoms. The zero-order chi connectivity index (χ0) is 16.0. The van der Waals surface area contributed by atoms with Crippen molar-refractivity contribution < 1.29 is 4.79 Å². The van der Waals surface area contributed by atoms with Crippen LogP contribution in [-0.2, 0) is 13.0 Å². The Balaban J connectivity index is 1.71. The van der Waals surface area contributed by atoms with Gasteiger partial charge in [-0.15, -0.1) is 11.3 Å². The van der Waals surface area contributed by atoms with Crippen LogP contribution in [0.2, 0.25) is 0 Å². The molecule has 116 valence electrons. The molecule has 0 aliphatic carbocycles. The second-order valence-electron chi connectivity index (χ2n) is 5.37. The largest absolute Gasteiger partial charge is 0.334 e. The monoisotopic (exact) mass is 328 g/mol. The maximum absolute atomic E-state index is 12.7. The molecule has 0 atom stereocenters. The van der Waals surface area contributed by atoms with Crippen LogP contribution in [-0.4, -0.2) is 32.3 Å². The van der Waals surface area contributed by atoms with Crippen LogP contribution in [0.4, 0.5) is 0 Å². The van der Waals surface area contributed by atoms with E-state index in [2.05, 4.69) is 15.0 Å². The highest BCUT2D eigenvalue weighted by Gasteiger charge is 2.23. The third-order valence-corrected chi connectivity index (χ3v) is 4.96. The minimum atomic E-state index is -0.616. The van der Waals surface area contributed by atoms with E-state index in [0.717, 1.165) is 6.42 Å². The standard InChI is InChI=1S/C15H12N4O3S/c20-13-10-5-9(6-16-12(10)17-15(22)18-13)14(21)19-3-1-11-8(7-19)2-4-23-11/h2,4-6H,1,3,7H2,(H2,16,17,18,20,22). The van der Waals surface area contributed by atoms with E-state index in [1.165, 1.54) is 22.7 Å². The van der Waals surface area contributed by atoms with Crippen LogP contribution < -0.4 is 11.2 Å². The summed E-state index contributed by atoms with van der Waals surface area (Å²) in [6.45, 7) is 1.21. The van der Waals surface area contributed by atoms with Crippen molar-refractivity contribution in [1.82, 2.24) is 19.9 Å². The Morgan fingerprint density at radius 2 is 2.17 bits per heavy atom. The summed E-state index contributed by atoms with van der Waals surface area (Å²) in [7, 11) is 0. The van der Waals surface area contributed by atoms with Crippen LogP contribution in [0.25, 0.3) is 11.0 Å². The molecule has 23 heavy (non-hydrogen) atoms. The fourth-order valence-electron chi connectivity index (χ4n) is 2.77. The van der Waals surface area contributed by atoms with Gasteiger partial charge in [-0.1, -0.05) is 0 Å². The molecule has 2 N–H and O–H groups in total. The summed E-state index contributed by atoms with van der Waals surface area (Å²) in [5, 5.41) is 2.23. The first-order valence-corrected chi connectivity index (χ1v) is 7.96. The van der Waals surface area contributed by atoms with Crippen LogP contribution in [0, 0.1) is 0 Å². The van der Waals surface area contributed by atoms with Gasteiger partial charge in [-0.05, 0) is 29.5 Å². The molecule has 0 bridgehead atoms.